The minimum atomic E-state index is -0.0963. The molecule has 2 atom stereocenters. The summed E-state index contributed by atoms with van der Waals surface area (Å²) in [4.78, 5) is 25.5. The van der Waals surface area contributed by atoms with E-state index < -0.39 is 0 Å². The number of hydrogen-bond donors (Lipinski definition) is 1. The Kier molecular flexibility index (Phi) is 5.41. The van der Waals surface area contributed by atoms with Gasteiger partial charge in [-0.25, -0.2) is 0 Å². The molecule has 0 spiro atoms. The molecule has 1 aromatic carbocycles. The van der Waals surface area contributed by atoms with Gasteiger partial charge in [0.2, 0.25) is 11.8 Å². The van der Waals surface area contributed by atoms with Crippen molar-refractivity contribution in [1.82, 2.24) is 10.2 Å². The van der Waals surface area contributed by atoms with Gasteiger partial charge in [-0.05, 0) is 37.5 Å². The number of rotatable bonds is 5. The molecule has 2 rings (SSSR count). The quantitative estimate of drug-likeness (QED) is 0.899. The van der Waals surface area contributed by atoms with Crippen molar-refractivity contribution in [2.45, 2.75) is 32.2 Å². The Morgan fingerprint density at radius 1 is 1.41 bits per heavy atom. The summed E-state index contributed by atoms with van der Waals surface area (Å²) in [7, 11) is 3.49. The van der Waals surface area contributed by atoms with E-state index in [4.69, 9.17) is 4.74 Å². The van der Waals surface area contributed by atoms with Crippen molar-refractivity contribution in [2.75, 3.05) is 20.7 Å². The molecule has 22 heavy (non-hydrogen) atoms. The fourth-order valence-electron chi connectivity index (χ4n) is 2.69. The largest absolute Gasteiger partial charge is 0.497 e. The van der Waals surface area contributed by atoms with Gasteiger partial charge in [0.25, 0.3) is 0 Å². The number of carbonyl (C=O) groups excluding carboxylic acids is 2. The average Bonchev–Trinajstić information content (AvgIpc) is 2.55. The molecular weight excluding hydrogens is 280 g/mol. The van der Waals surface area contributed by atoms with Gasteiger partial charge in [0, 0.05) is 26.1 Å². The van der Waals surface area contributed by atoms with E-state index in [2.05, 4.69) is 5.32 Å². The lowest BCUT2D eigenvalue weighted by Gasteiger charge is -2.31. The van der Waals surface area contributed by atoms with Crippen LogP contribution in [0.1, 0.15) is 25.3 Å². The maximum absolute atomic E-state index is 12.5. The highest BCUT2D eigenvalue weighted by molar-refractivity contribution is 5.83. The number of likely N-dealkylation sites (N-methyl/N-ethyl adjacent to an activating group) is 1. The zero-order valence-corrected chi connectivity index (χ0v) is 13.5. The molecule has 120 valence electrons. The molecule has 0 radical (unpaired) electrons. The first-order valence-corrected chi connectivity index (χ1v) is 7.67. The number of methoxy groups -OCH3 is 1. The second-order valence-corrected chi connectivity index (χ2v) is 5.89. The molecule has 5 nitrogen and oxygen atoms in total. The van der Waals surface area contributed by atoms with Crippen molar-refractivity contribution >= 4 is 11.8 Å². The van der Waals surface area contributed by atoms with Crippen LogP contribution in [-0.2, 0) is 16.0 Å². The lowest BCUT2D eigenvalue weighted by Crippen LogP contribution is -2.46. The number of ether oxygens (including phenoxy) is 1. The van der Waals surface area contributed by atoms with Gasteiger partial charge >= 0.3 is 0 Å². The van der Waals surface area contributed by atoms with Gasteiger partial charge in [-0.15, -0.1) is 0 Å². The summed E-state index contributed by atoms with van der Waals surface area (Å²) < 4.78 is 5.15. The Labute approximate surface area is 131 Å². The van der Waals surface area contributed by atoms with Crippen molar-refractivity contribution in [3.05, 3.63) is 29.8 Å². The summed E-state index contributed by atoms with van der Waals surface area (Å²) in [5.41, 5.74) is 1.17. The number of carbonyl (C=O) groups is 2. The van der Waals surface area contributed by atoms with E-state index in [1.54, 1.807) is 12.0 Å². The number of amides is 2. The monoisotopic (exact) mass is 304 g/mol. The van der Waals surface area contributed by atoms with Crippen LogP contribution in [0.3, 0.4) is 0 Å². The van der Waals surface area contributed by atoms with Gasteiger partial charge < -0.3 is 15.0 Å². The van der Waals surface area contributed by atoms with Gasteiger partial charge in [0.05, 0.1) is 13.0 Å². The number of benzene rings is 1. The molecule has 1 aliphatic rings. The highest BCUT2D eigenvalue weighted by Crippen LogP contribution is 2.18. The number of piperidine rings is 1. The summed E-state index contributed by atoms with van der Waals surface area (Å²) in [6, 6.07) is 8.02. The van der Waals surface area contributed by atoms with Crippen molar-refractivity contribution in [2.24, 2.45) is 5.92 Å². The van der Waals surface area contributed by atoms with Gasteiger partial charge in [-0.2, -0.15) is 0 Å². The highest BCUT2D eigenvalue weighted by atomic mass is 16.5. The normalized spacial score (nSPS) is 19.2. The fraction of sp³-hybridized carbons (Fsp3) is 0.529. The molecule has 1 heterocycles. The third-order valence-electron chi connectivity index (χ3n) is 4.31. The molecule has 1 fully saturated rings. The van der Waals surface area contributed by atoms with Gasteiger partial charge in [0.15, 0.2) is 0 Å². The van der Waals surface area contributed by atoms with Crippen LogP contribution in [0.2, 0.25) is 0 Å². The maximum atomic E-state index is 12.5. The van der Waals surface area contributed by atoms with Crippen molar-refractivity contribution in [3.8, 4) is 5.75 Å². The van der Waals surface area contributed by atoms with Gasteiger partial charge in [0.1, 0.15) is 5.75 Å². The summed E-state index contributed by atoms with van der Waals surface area (Å²) in [6.07, 6.45) is 1.88. The molecule has 1 aromatic rings. The van der Waals surface area contributed by atoms with Crippen LogP contribution in [0, 0.1) is 5.92 Å². The molecule has 1 aliphatic heterocycles. The first kappa shape index (κ1) is 16.3. The minimum Gasteiger partial charge on any atom is -0.497 e. The third kappa shape index (κ3) is 4.00. The summed E-state index contributed by atoms with van der Waals surface area (Å²) in [6.45, 7) is 2.50. The molecule has 2 amide bonds. The smallest absolute Gasteiger partial charge is 0.227 e. The SMILES string of the molecule is COc1ccc(C[C@H](C)N(C)C(=O)[C@@H]2CCC(=O)NC2)cc1. The molecular formula is C17H24N2O3. The van der Waals surface area contributed by atoms with E-state index in [1.165, 1.54) is 5.56 Å². The number of hydrogen-bond acceptors (Lipinski definition) is 3. The van der Waals surface area contributed by atoms with Crippen LogP contribution in [0.4, 0.5) is 0 Å². The van der Waals surface area contributed by atoms with E-state index in [0.717, 1.165) is 12.2 Å². The van der Waals surface area contributed by atoms with E-state index >= 15 is 0 Å². The minimum absolute atomic E-state index is 0.0398. The van der Waals surface area contributed by atoms with E-state index in [1.807, 2.05) is 38.2 Å². The standard InChI is InChI=1S/C17H24N2O3/c1-12(10-13-4-7-15(22-3)8-5-13)19(2)17(21)14-6-9-16(20)18-11-14/h4-5,7-8,12,14H,6,9-11H2,1-3H3,(H,18,20)/t12-,14+/m0/s1. The molecule has 5 heteroatoms. The summed E-state index contributed by atoms with van der Waals surface area (Å²) in [5, 5.41) is 2.77. The van der Waals surface area contributed by atoms with Crippen LogP contribution >= 0.6 is 0 Å². The Morgan fingerprint density at radius 2 is 2.09 bits per heavy atom. The summed E-state index contributed by atoms with van der Waals surface area (Å²) in [5.74, 6) is 0.888. The first-order chi connectivity index (χ1) is 10.5. The van der Waals surface area contributed by atoms with E-state index in [-0.39, 0.29) is 23.8 Å². The van der Waals surface area contributed by atoms with Crippen LogP contribution in [0.25, 0.3) is 0 Å². The average molecular weight is 304 g/mol. The zero-order valence-electron chi connectivity index (χ0n) is 13.5. The predicted octanol–water partition coefficient (Wildman–Crippen LogP) is 1.61. The second kappa shape index (κ2) is 7.29. The Balaban J connectivity index is 1.91. The predicted molar refractivity (Wildman–Crippen MR) is 84.7 cm³/mol. The lowest BCUT2D eigenvalue weighted by atomic mass is 9.96. The first-order valence-electron chi connectivity index (χ1n) is 7.67. The zero-order chi connectivity index (χ0) is 16.1. The molecule has 0 saturated carbocycles. The molecule has 0 aliphatic carbocycles. The van der Waals surface area contributed by atoms with Gasteiger partial charge in [-0.1, -0.05) is 12.1 Å². The van der Waals surface area contributed by atoms with E-state index in [9.17, 15) is 9.59 Å². The Morgan fingerprint density at radius 3 is 2.64 bits per heavy atom. The molecule has 1 saturated heterocycles. The molecule has 0 unspecified atom stereocenters. The van der Waals surface area contributed by atoms with E-state index in [0.29, 0.717) is 19.4 Å². The van der Waals surface area contributed by atoms with Crippen molar-refractivity contribution < 1.29 is 14.3 Å². The highest BCUT2D eigenvalue weighted by Gasteiger charge is 2.28. The molecule has 1 N–H and O–H groups in total. The van der Waals surface area contributed by atoms with Crippen LogP contribution < -0.4 is 10.1 Å². The Bertz CT molecular complexity index is 517. The van der Waals surface area contributed by atoms with Crippen molar-refractivity contribution in [1.29, 1.82) is 0 Å². The topological polar surface area (TPSA) is 58.6 Å². The second-order valence-electron chi connectivity index (χ2n) is 5.89. The van der Waals surface area contributed by atoms with Crippen molar-refractivity contribution in [3.63, 3.8) is 0 Å². The third-order valence-corrected chi connectivity index (χ3v) is 4.31. The maximum Gasteiger partial charge on any atom is 0.227 e. The Hall–Kier alpha value is -2.04. The van der Waals surface area contributed by atoms with Crippen LogP contribution in [0.15, 0.2) is 24.3 Å². The molecule has 0 aromatic heterocycles. The van der Waals surface area contributed by atoms with Crippen LogP contribution in [-0.4, -0.2) is 43.5 Å². The molecule has 0 bridgehead atoms. The summed E-state index contributed by atoms with van der Waals surface area (Å²) >= 11 is 0. The fourth-order valence-corrected chi connectivity index (χ4v) is 2.69. The number of nitrogens with zero attached hydrogens (tertiary/aromatic N) is 1. The lowest BCUT2D eigenvalue weighted by molar-refractivity contribution is -0.137. The van der Waals surface area contributed by atoms with Crippen LogP contribution in [0.5, 0.6) is 5.75 Å². The van der Waals surface area contributed by atoms with Gasteiger partial charge in [-0.3, -0.25) is 9.59 Å². The number of nitrogens with one attached hydrogen (secondary N) is 1.